The summed E-state index contributed by atoms with van der Waals surface area (Å²) in [6, 6.07) is 14.2. The van der Waals surface area contributed by atoms with Gasteiger partial charge in [-0.25, -0.2) is 29.9 Å². The number of aryl methyl sites for hydroxylation is 1. The van der Waals surface area contributed by atoms with Gasteiger partial charge >= 0.3 is 0 Å². The van der Waals surface area contributed by atoms with Gasteiger partial charge in [-0.2, -0.15) is 15.8 Å². The number of nitriles is 3. The fraction of sp³-hybridized carbons (Fsp3) is 0.481. The molecule has 9 heterocycles. The van der Waals surface area contributed by atoms with E-state index in [2.05, 4.69) is 84.8 Å². The summed E-state index contributed by atoms with van der Waals surface area (Å²) in [4.78, 5) is 36.7. The molecular formula is C52H59N15O2. The van der Waals surface area contributed by atoms with Crippen LogP contribution in [-0.4, -0.2) is 68.8 Å². The molecule has 9 aromatic rings. The minimum Gasteiger partial charge on any atom is -0.388 e. The molecule has 0 unspecified atom stereocenters. The molecule has 17 heteroatoms. The van der Waals surface area contributed by atoms with Gasteiger partial charge in [0, 0.05) is 72.1 Å². The second-order valence-electron chi connectivity index (χ2n) is 19.4. The third-order valence-electron chi connectivity index (χ3n) is 15.2. The maximum atomic E-state index is 10.2. The van der Waals surface area contributed by atoms with Crippen LogP contribution < -0.4 is 0 Å². The van der Waals surface area contributed by atoms with Crippen LogP contribution in [0.25, 0.3) is 66.2 Å². The summed E-state index contributed by atoms with van der Waals surface area (Å²) in [6.07, 6.45) is 25.3. The van der Waals surface area contributed by atoms with Crippen molar-refractivity contribution >= 4 is 66.2 Å². The molecule has 3 fully saturated rings. The van der Waals surface area contributed by atoms with Crippen molar-refractivity contribution in [3.8, 4) is 18.2 Å². The highest BCUT2D eigenvalue weighted by Gasteiger charge is 2.30. The molecule has 69 heavy (non-hydrogen) atoms. The van der Waals surface area contributed by atoms with Crippen molar-refractivity contribution in [2.75, 3.05) is 0 Å². The maximum absolute atomic E-state index is 10.2. The smallest absolute Gasteiger partial charge is 0.139 e. The molecule has 1 atom stereocenters. The molecule has 3 saturated carbocycles. The Hall–Kier alpha value is -7.13. The number of pyridine rings is 3. The number of aromatic nitrogens is 12. The van der Waals surface area contributed by atoms with Gasteiger partial charge < -0.3 is 38.9 Å². The molecule has 0 aromatic carbocycles. The molecule has 17 nitrogen and oxygen atoms in total. The summed E-state index contributed by atoms with van der Waals surface area (Å²) < 4.78 is 6.83. The van der Waals surface area contributed by atoms with Crippen molar-refractivity contribution in [2.24, 2.45) is 17.8 Å². The molecule has 5 N–H and O–H groups in total. The summed E-state index contributed by atoms with van der Waals surface area (Å²) in [5.41, 5.74) is 8.57. The predicted octanol–water partition coefficient (Wildman–Crippen LogP) is 10.5. The van der Waals surface area contributed by atoms with E-state index in [1.165, 1.54) is 5.52 Å². The van der Waals surface area contributed by atoms with Gasteiger partial charge in [0.05, 0.1) is 53.3 Å². The van der Waals surface area contributed by atoms with Crippen LogP contribution >= 0.6 is 0 Å². The molecule has 9 aromatic heterocycles. The van der Waals surface area contributed by atoms with Crippen LogP contribution in [0.1, 0.15) is 145 Å². The van der Waals surface area contributed by atoms with Gasteiger partial charge in [0.25, 0.3) is 0 Å². The Kier molecular flexibility index (Phi) is 13.1. The van der Waals surface area contributed by atoms with E-state index in [0.717, 1.165) is 144 Å². The van der Waals surface area contributed by atoms with E-state index >= 15 is 0 Å². The van der Waals surface area contributed by atoms with Crippen LogP contribution in [0.2, 0.25) is 0 Å². The zero-order valence-corrected chi connectivity index (χ0v) is 39.3. The van der Waals surface area contributed by atoms with Gasteiger partial charge in [0.15, 0.2) is 0 Å². The molecule has 3 aliphatic rings. The minimum atomic E-state index is -0.622. The van der Waals surface area contributed by atoms with Crippen LogP contribution in [0.3, 0.4) is 0 Å². The first-order valence-electron chi connectivity index (χ1n) is 24.7. The quantitative estimate of drug-likeness (QED) is 0.0958. The molecule has 0 amide bonds. The van der Waals surface area contributed by atoms with Crippen LogP contribution in [0.5, 0.6) is 0 Å². The van der Waals surface area contributed by atoms with Crippen LogP contribution in [-0.2, 0) is 6.61 Å². The number of hydrogen-bond donors (Lipinski definition) is 5. The highest BCUT2D eigenvalue weighted by Crippen LogP contribution is 2.41. The Bertz CT molecular complexity index is 3360. The molecule has 0 aliphatic heterocycles. The van der Waals surface area contributed by atoms with E-state index in [9.17, 15) is 10.2 Å². The molecule has 0 radical (unpaired) electrons. The number of H-pyrrole nitrogens is 3. The predicted molar refractivity (Wildman–Crippen MR) is 263 cm³/mol. The van der Waals surface area contributed by atoms with E-state index in [1.54, 1.807) is 19.3 Å². The number of nitrogens with zero attached hydrogens (tertiary/aromatic N) is 12. The third kappa shape index (κ3) is 8.80. The number of rotatable bonds is 8. The van der Waals surface area contributed by atoms with E-state index in [1.807, 2.05) is 36.9 Å². The number of aliphatic hydroxyl groups excluding tert-OH is 2. The molecule has 12 rings (SSSR count). The standard InChI is InChI=1S/C18H21N5O.C17H19N5O.C17H19N5/c1-11(24)18-22-15-10-21-17-14(7-9-20-17)16(15)23(18)13-4-2-12(3-5-13)6-8-19;18-7-5-11-1-3-12(4-2-11)22-15(10-23)21-14-9-20-17-13(16(14)22)6-8-19-17;1-11-21-15-10-20-17-14(7-9-19-17)16(15)22(11)13-4-2-12(3-5-13)6-8-18/h7,9-13,24H,2-6H2,1H3,(H,20,21);6,8-9,11-12,23H,1-5,10H2,(H,19,20);7,9-10,12-13H,2-6H2,1H3,(H,19,20)/t11-,12?,13?;;/m1../s1. The van der Waals surface area contributed by atoms with Crippen molar-refractivity contribution in [2.45, 2.75) is 141 Å². The molecule has 354 valence electrons. The first-order valence-corrected chi connectivity index (χ1v) is 24.7. The Morgan fingerprint density at radius 1 is 0.565 bits per heavy atom. The number of hydrogen-bond acceptors (Lipinski definition) is 11. The fourth-order valence-corrected chi connectivity index (χ4v) is 11.8. The maximum Gasteiger partial charge on any atom is 0.139 e. The third-order valence-corrected chi connectivity index (χ3v) is 15.2. The van der Waals surface area contributed by atoms with Gasteiger partial charge in [-0.05, 0) is 127 Å². The SMILES string of the molecule is C[C@@H](O)c1nc2cnc3[nH]ccc3c2n1C1CCC(CC#N)CC1.Cc1nc2cnc3[nH]ccc3c2n1C1CCC(CC#N)CC1.N#CCC1CCC(n2c(CO)nc3cnc4[nH]ccc4c32)CC1. The first-order chi connectivity index (χ1) is 33.8. The zero-order chi connectivity index (χ0) is 47.6. The van der Waals surface area contributed by atoms with Crippen molar-refractivity contribution in [3.63, 3.8) is 0 Å². The highest BCUT2D eigenvalue weighted by atomic mass is 16.3. The number of aromatic amines is 3. The lowest BCUT2D eigenvalue weighted by Crippen LogP contribution is -2.20. The average Bonchev–Trinajstić information content (AvgIpc) is 4.24. The molecule has 0 spiro atoms. The first kappa shape index (κ1) is 45.6. The number of nitrogens with one attached hydrogen (secondary N) is 3. The van der Waals surface area contributed by atoms with Crippen molar-refractivity contribution in [1.82, 2.24) is 58.6 Å². The van der Waals surface area contributed by atoms with Gasteiger partial charge in [-0.3, -0.25) is 0 Å². The van der Waals surface area contributed by atoms with Gasteiger partial charge in [-0.1, -0.05) is 0 Å². The number of fused-ring (bicyclic) bond motifs is 9. The molecule has 3 aliphatic carbocycles. The van der Waals surface area contributed by atoms with Crippen molar-refractivity contribution in [3.05, 3.63) is 72.9 Å². The van der Waals surface area contributed by atoms with Crippen molar-refractivity contribution < 1.29 is 10.2 Å². The molecule has 0 bridgehead atoms. The van der Waals surface area contributed by atoms with Gasteiger partial charge in [-0.15, -0.1) is 0 Å². The Labute approximate surface area is 399 Å². The van der Waals surface area contributed by atoms with E-state index in [0.29, 0.717) is 66.8 Å². The Morgan fingerprint density at radius 2 is 0.942 bits per heavy atom. The number of imidazole rings is 3. The van der Waals surface area contributed by atoms with Crippen LogP contribution in [0, 0.1) is 58.7 Å². The lowest BCUT2D eigenvalue weighted by atomic mass is 9.84. The topological polar surface area (TPSA) is 251 Å². The lowest BCUT2D eigenvalue weighted by Gasteiger charge is -2.30. The summed E-state index contributed by atoms with van der Waals surface area (Å²) >= 11 is 0. The van der Waals surface area contributed by atoms with Crippen LogP contribution in [0.4, 0.5) is 0 Å². The summed E-state index contributed by atoms with van der Waals surface area (Å²) in [7, 11) is 0. The normalized spacial score (nSPS) is 22.2. The second kappa shape index (κ2) is 19.8. The number of aliphatic hydroxyl groups is 2. The van der Waals surface area contributed by atoms with E-state index in [4.69, 9.17) is 20.8 Å². The Morgan fingerprint density at radius 3 is 1.36 bits per heavy atom. The summed E-state index contributed by atoms with van der Waals surface area (Å²) in [5, 5.41) is 49.9. The average molecular weight is 926 g/mol. The van der Waals surface area contributed by atoms with Gasteiger partial charge in [0.1, 0.15) is 63.7 Å². The lowest BCUT2D eigenvalue weighted by molar-refractivity contribution is 0.175. The van der Waals surface area contributed by atoms with E-state index in [-0.39, 0.29) is 6.61 Å². The van der Waals surface area contributed by atoms with Gasteiger partial charge in [0.2, 0.25) is 0 Å². The zero-order valence-electron chi connectivity index (χ0n) is 39.3. The fourth-order valence-electron chi connectivity index (χ4n) is 11.8. The van der Waals surface area contributed by atoms with Crippen molar-refractivity contribution in [1.29, 1.82) is 15.8 Å². The van der Waals surface area contributed by atoms with E-state index < -0.39 is 6.10 Å². The molecular weight excluding hydrogens is 867 g/mol. The van der Waals surface area contributed by atoms with Crippen LogP contribution in [0.15, 0.2) is 55.4 Å². The summed E-state index contributed by atoms with van der Waals surface area (Å²) in [6.45, 7) is 3.78. The second-order valence-corrected chi connectivity index (χ2v) is 19.4. The monoisotopic (exact) mass is 925 g/mol. The highest BCUT2D eigenvalue weighted by molar-refractivity contribution is 6.03. The summed E-state index contributed by atoms with van der Waals surface area (Å²) in [5.74, 6) is 4.07. The Balaban J connectivity index is 0.000000120. The molecule has 0 saturated heterocycles. The largest absolute Gasteiger partial charge is 0.388 e. The minimum absolute atomic E-state index is 0.0707.